The van der Waals surface area contributed by atoms with Gasteiger partial charge in [-0.3, -0.25) is 4.90 Å². The molecule has 5 nitrogen and oxygen atoms in total. The van der Waals surface area contributed by atoms with Gasteiger partial charge in [0.2, 0.25) is 0 Å². The molecule has 1 saturated heterocycles. The fourth-order valence-corrected chi connectivity index (χ4v) is 4.61. The molecule has 2 aromatic rings. The lowest BCUT2D eigenvalue weighted by molar-refractivity contribution is -0.0947. The highest BCUT2D eigenvalue weighted by Crippen LogP contribution is 2.43. The standard InChI is InChI=1S/C20H27N3O2/c1-24-18-7-8-20(25-2)9-12-22(19(20)14-18)15-16-5-3-6-17(13-16)23-11-4-10-21-23/h3-6,10-11,13,18-19H,7-9,12,14-15H2,1-2H3/t18-,19+,20-/m1/s1. The third-order valence-corrected chi connectivity index (χ3v) is 6.05. The molecule has 0 N–H and O–H groups in total. The average molecular weight is 341 g/mol. The van der Waals surface area contributed by atoms with E-state index in [1.807, 2.05) is 37.4 Å². The van der Waals surface area contributed by atoms with Gasteiger partial charge in [0.1, 0.15) is 0 Å². The van der Waals surface area contributed by atoms with E-state index in [1.165, 1.54) is 5.56 Å². The van der Waals surface area contributed by atoms with Gasteiger partial charge in [-0.05, 0) is 49.4 Å². The summed E-state index contributed by atoms with van der Waals surface area (Å²) in [6.07, 6.45) is 8.51. The molecule has 0 bridgehead atoms. The molecule has 1 aliphatic heterocycles. The zero-order valence-corrected chi connectivity index (χ0v) is 15.1. The third-order valence-electron chi connectivity index (χ3n) is 6.05. The summed E-state index contributed by atoms with van der Waals surface area (Å²) < 4.78 is 13.6. The molecule has 3 atom stereocenters. The number of likely N-dealkylation sites (tertiary alicyclic amines) is 1. The first kappa shape index (κ1) is 16.8. The first-order valence-corrected chi connectivity index (χ1v) is 9.15. The van der Waals surface area contributed by atoms with Crippen molar-refractivity contribution in [3.63, 3.8) is 0 Å². The molecule has 1 saturated carbocycles. The van der Waals surface area contributed by atoms with Gasteiger partial charge in [0, 0.05) is 45.7 Å². The second-order valence-electron chi connectivity index (χ2n) is 7.26. The van der Waals surface area contributed by atoms with E-state index in [2.05, 4.69) is 34.3 Å². The number of benzene rings is 1. The summed E-state index contributed by atoms with van der Waals surface area (Å²) in [4.78, 5) is 2.58. The highest BCUT2D eigenvalue weighted by molar-refractivity contribution is 5.35. The summed E-state index contributed by atoms with van der Waals surface area (Å²) in [6.45, 7) is 2.03. The molecule has 1 aromatic carbocycles. The van der Waals surface area contributed by atoms with Crippen molar-refractivity contribution in [3.05, 3.63) is 48.3 Å². The van der Waals surface area contributed by atoms with E-state index in [1.54, 1.807) is 0 Å². The molecule has 5 heteroatoms. The molecule has 0 radical (unpaired) electrons. The molecule has 134 valence electrons. The maximum absolute atomic E-state index is 6.03. The van der Waals surface area contributed by atoms with Crippen LogP contribution in [-0.4, -0.2) is 53.2 Å². The molecule has 4 rings (SSSR count). The van der Waals surface area contributed by atoms with Crippen LogP contribution >= 0.6 is 0 Å². The Morgan fingerprint density at radius 3 is 2.92 bits per heavy atom. The Labute approximate surface area is 149 Å². The normalized spacial score (nSPS) is 29.7. The fourth-order valence-electron chi connectivity index (χ4n) is 4.61. The monoisotopic (exact) mass is 341 g/mol. The number of ether oxygens (including phenoxy) is 2. The van der Waals surface area contributed by atoms with Gasteiger partial charge in [-0.25, -0.2) is 4.68 Å². The smallest absolute Gasteiger partial charge is 0.0847 e. The molecular weight excluding hydrogens is 314 g/mol. The van der Waals surface area contributed by atoms with Crippen molar-refractivity contribution in [1.29, 1.82) is 0 Å². The van der Waals surface area contributed by atoms with Crippen LogP contribution < -0.4 is 0 Å². The van der Waals surface area contributed by atoms with Gasteiger partial charge < -0.3 is 9.47 Å². The number of rotatable bonds is 5. The van der Waals surface area contributed by atoms with Gasteiger partial charge >= 0.3 is 0 Å². The fraction of sp³-hybridized carbons (Fsp3) is 0.550. The van der Waals surface area contributed by atoms with Crippen LogP contribution in [0, 0.1) is 0 Å². The highest BCUT2D eigenvalue weighted by Gasteiger charge is 2.50. The summed E-state index contributed by atoms with van der Waals surface area (Å²) in [5.41, 5.74) is 2.44. The quantitative estimate of drug-likeness (QED) is 0.838. The second kappa shape index (κ2) is 6.90. The number of fused-ring (bicyclic) bond motifs is 1. The summed E-state index contributed by atoms with van der Waals surface area (Å²) >= 11 is 0. The summed E-state index contributed by atoms with van der Waals surface area (Å²) in [6, 6.07) is 11.0. The lowest BCUT2D eigenvalue weighted by atomic mass is 9.79. The Bertz CT molecular complexity index is 703. The average Bonchev–Trinajstić information content (AvgIpc) is 3.31. The number of hydrogen-bond acceptors (Lipinski definition) is 4. The van der Waals surface area contributed by atoms with Crippen LogP contribution in [0.1, 0.15) is 31.2 Å². The van der Waals surface area contributed by atoms with Crippen LogP contribution in [0.3, 0.4) is 0 Å². The molecule has 1 aliphatic carbocycles. The van der Waals surface area contributed by atoms with E-state index < -0.39 is 0 Å². The highest BCUT2D eigenvalue weighted by atomic mass is 16.5. The van der Waals surface area contributed by atoms with Gasteiger partial charge in [-0.1, -0.05) is 12.1 Å². The Morgan fingerprint density at radius 1 is 1.24 bits per heavy atom. The maximum atomic E-state index is 6.03. The summed E-state index contributed by atoms with van der Waals surface area (Å²) in [7, 11) is 3.71. The summed E-state index contributed by atoms with van der Waals surface area (Å²) in [5, 5.41) is 4.34. The van der Waals surface area contributed by atoms with E-state index in [0.717, 1.165) is 44.5 Å². The SMILES string of the molecule is CO[C@@H]1CC[C@@]2(OC)CCN(Cc3cccc(-n4cccn4)c3)[C@H]2C1. The number of hydrogen-bond donors (Lipinski definition) is 0. The predicted octanol–water partition coefficient (Wildman–Crippen LogP) is 3.03. The Balaban J connectivity index is 1.53. The molecular formula is C20H27N3O2. The van der Waals surface area contributed by atoms with Crippen LogP contribution in [0.5, 0.6) is 0 Å². The van der Waals surface area contributed by atoms with Crippen molar-refractivity contribution in [3.8, 4) is 5.69 Å². The predicted molar refractivity (Wildman–Crippen MR) is 96.8 cm³/mol. The van der Waals surface area contributed by atoms with Crippen molar-refractivity contribution in [1.82, 2.24) is 14.7 Å². The number of nitrogens with zero attached hydrogens (tertiary/aromatic N) is 3. The summed E-state index contributed by atoms with van der Waals surface area (Å²) in [5.74, 6) is 0. The minimum atomic E-state index is 0.00856. The zero-order chi connectivity index (χ0) is 17.3. The first-order valence-electron chi connectivity index (χ1n) is 9.15. The molecule has 0 unspecified atom stereocenters. The molecule has 25 heavy (non-hydrogen) atoms. The van der Waals surface area contributed by atoms with E-state index in [-0.39, 0.29) is 5.60 Å². The Kier molecular flexibility index (Phi) is 4.63. The Morgan fingerprint density at radius 2 is 2.16 bits per heavy atom. The van der Waals surface area contributed by atoms with Gasteiger partial charge in [0.05, 0.1) is 17.4 Å². The number of methoxy groups -OCH3 is 2. The minimum absolute atomic E-state index is 0.00856. The largest absolute Gasteiger partial charge is 0.381 e. The molecule has 0 spiro atoms. The first-order chi connectivity index (χ1) is 12.2. The van der Waals surface area contributed by atoms with Crippen molar-refractivity contribution in [2.45, 2.75) is 50.0 Å². The second-order valence-corrected chi connectivity index (χ2v) is 7.26. The van der Waals surface area contributed by atoms with Gasteiger partial charge in [-0.15, -0.1) is 0 Å². The van der Waals surface area contributed by atoms with Crippen LogP contribution in [0.15, 0.2) is 42.7 Å². The van der Waals surface area contributed by atoms with Gasteiger partial charge in [0.25, 0.3) is 0 Å². The molecule has 1 aromatic heterocycles. The van der Waals surface area contributed by atoms with Gasteiger partial charge in [-0.2, -0.15) is 5.10 Å². The van der Waals surface area contributed by atoms with Crippen molar-refractivity contribution >= 4 is 0 Å². The van der Waals surface area contributed by atoms with E-state index in [9.17, 15) is 0 Å². The van der Waals surface area contributed by atoms with Crippen molar-refractivity contribution in [2.75, 3.05) is 20.8 Å². The molecule has 2 heterocycles. The van der Waals surface area contributed by atoms with Crippen LogP contribution in [-0.2, 0) is 16.0 Å². The topological polar surface area (TPSA) is 39.5 Å². The minimum Gasteiger partial charge on any atom is -0.381 e. The lowest BCUT2D eigenvalue weighted by Crippen LogP contribution is -2.51. The molecule has 2 aliphatic rings. The zero-order valence-electron chi connectivity index (χ0n) is 15.1. The van der Waals surface area contributed by atoms with Gasteiger partial charge in [0.15, 0.2) is 0 Å². The lowest BCUT2D eigenvalue weighted by Gasteiger charge is -2.43. The Hall–Kier alpha value is -1.69. The van der Waals surface area contributed by atoms with Crippen LogP contribution in [0.25, 0.3) is 5.69 Å². The molecule has 0 amide bonds. The van der Waals surface area contributed by atoms with Crippen molar-refractivity contribution in [2.24, 2.45) is 0 Å². The third kappa shape index (κ3) is 3.12. The van der Waals surface area contributed by atoms with Crippen LogP contribution in [0.2, 0.25) is 0 Å². The van der Waals surface area contributed by atoms with E-state index in [4.69, 9.17) is 9.47 Å². The van der Waals surface area contributed by atoms with E-state index >= 15 is 0 Å². The number of aromatic nitrogens is 2. The maximum Gasteiger partial charge on any atom is 0.0847 e. The van der Waals surface area contributed by atoms with Crippen molar-refractivity contribution < 1.29 is 9.47 Å². The van der Waals surface area contributed by atoms with E-state index in [0.29, 0.717) is 12.1 Å². The molecule has 2 fully saturated rings. The van der Waals surface area contributed by atoms with Crippen LogP contribution in [0.4, 0.5) is 0 Å².